The second-order valence-electron chi connectivity index (χ2n) is 7.17. The summed E-state index contributed by atoms with van der Waals surface area (Å²) in [6, 6.07) is 16.3. The third kappa shape index (κ3) is 4.83. The summed E-state index contributed by atoms with van der Waals surface area (Å²) in [5.74, 6) is 1.04. The van der Waals surface area contributed by atoms with Crippen molar-refractivity contribution < 1.29 is 0 Å². The first-order valence-corrected chi connectivity index (χ1v) is 10.4. The molecule has 4 nitrogen and oxygen atoms in total. The largest absolute Gasteiger partial charge is 0.361 e. The van der Waals surface area contributed by atoms with Crippen molar-refractivity contribution in [2.75, 3.05) is 11.9 Å². The highest BCUT2D eigenvalue weighted by Gasteiger charge is 2.21. The van der Waals surface area contributed by atoms with Crippen LogP contribution >= 0.6 is 11.6 Å². The van der Waals surface area contributed by atoms with Gasteiger partial charge in [0.2, 0.25) is 5.28 Å². The number of hydrogen-bond donors (Lipinski definition) is 1. The van der Waals surface area contributed by atoms with E-state index in [1.165, 1.54) is 0 Å². The van der Waals surface area contributed by atoms with Crippen molar-refractivity contribution in [1.29, 1.82) is 0 Å². The van der Waals surface area contributed by atoms with E-state index in [1.807, 2.05) is 50.3 Å². The Bertz CT molecular complexity index is 1030. The Morgan fingerprint density at radius 3 is 2.52 bits per heavy atom. The fraction of sp³-hybridized carbons (Fsp3) is 0.292. The lowest BCUT2D eigenvalue weighted by atomic mass is 9.97. The quantitative estimate of drug-likeness (QED) is 0.363. The van der Waals surface area contributed by atoms with E-state index in [1.54, 1.807) is 0 Å². The molecule has 1 unspecified atom stereocenters. The van der Waals surface area contributed by atoms with Gasteiger partial charge in [-0.3, -0.25) is 4.99 Å². The number of benzene rings is 2. The predicted molar refractivity (Wildman–Crippen MR) is 125 cm³/mol. The van der Waals surface area contributed by atoms with Gasteiger partial charge < -0.3 is 5.32 Å². The van der Waals surface area contributed by atoms with Crippen LogP contribution in [0.2, 0.25) is 5.28 Å². The predicted octanol–water partition coefficient (Wildman–Crippen LogP) is 6.42. The van der Waals surface area contributed by atoms with Gasteiger partial charge in [-0.25, -0.2) is 9.97 Å². The maximum atomic E-state index is 6.28. The first-order valence-electron chi connectivity index (χ1n) is 10.00. The number of nitrogens with zero attached hydrogens (tertiary/aromatic N) is 3. The van der Waals surface area contributed by atoms with Crippen molar-refractivity contribution >= 4 is 34.0 Å². The fourth-order valence-corrected chi connectivity index (χ4v) is 3.63. The van der Waals surface area contributed by atoms with E-state index in [2.05, 4.69) is 53.4 Å². The van der Waals surface area contributed by atoms with Crippen molar-refractivity contribution in [3.63, 3.8) is 0 Å². The Morgan fingerprint density at radius 2 is 1.86 bits per heavy atom. The minimum Gasteiger partial charge on any atom is -0.361 e. The standard InChI is InChI=1S/C24H27ClN4/c1-5-11-20(26-6-2)22(16(3)4)28-23-21-18(17-12-8-7-9-13-17)14-10-15-19(21)27-24(25)29-23/h5,7-16,22H,6H2,1-4H3,(H,27,28,29)/b11-5-,26-20+. The van der Waals surface area contributed by atoms with Gasteiger partial charge in [-0.2, -0.15) is 0 Å². The van der Waals surface area contributed by atoms with Gasteiger partial charge in [0.25, 0.3) is 0 Å². The molecule has 0 fully saturated rings. The summed E-state index contributed by atoms with van der Waals surface area (Å²) in [7, 11) is 0. The highest BCUT2D eigenvalue weighted by molar-refractivity contribution is 6.29. The molecule has 0 radical (unpaired) electrons. The molecule has 5 heteroatoms. The van der Waals surface area contributed by atoms with Crippen LogP contribution in [-0.4, -0.2) is 28.3 Å². The van der Waals surface area contributed by atoms with Crippen molar-refractivity contribution in [2.45, 2.75) is 33.7 Å². The first kappa shape index (κ1) is 21.0. The molecular weight excluding hydrogens is 380 g/mol. The van der Waals surface area contributed by atoms with Crippen LogP contribution in [0.3, 0.4) is 0 Å². The monoisotopic (exact) mass is 406 g/mol. The SMILES string of the molecule is C/C=C\C(=N/CC)C(Nc1nc(Cl)nc2cccc(-c3ccccc3)c12)C(C)C. The zero-order chi connectivity index (χ0) is 20.8. The van der Waals surface area contributed by atoms with Crippen molar-refractivity contribution in [2.24, 2.45) is 10.9 Å². The van der Waals surface area contributed by atoms with Gasteiger partial charge in [0, 0.05) is 6.54 Å². The molecule has 0 saturated carbocycles. The van der Waals surface area contributed by atoms with Gasteiger partial charge in [-0.05, 0) is 54.6 Å². The maximum Gasteiger partial charge on any atom is 0.224 e. The average molecular weight is 407 g/mol. The van der Waals surface area contributed by atoms with Crippen molar-refractivity contribution in [3.8, 4) is 11.1 Å². The molecule has 3 aromatic rings. The Kier molecular flexibility index (Phi) is 6.99. The maximum absolute atomic E-state index is 6.28. The highest BCUT2D eigenvalue weighted by Crippen LogP contribution is 2.33. The van der Waals surface area contributed by atoms with E-state index in [9.17, 15) is 0 Å². The number of anilines is 1. The van der Waals surface area contributed by atoms with E-state index in [0.29, 0.717) is 5.92 Å². The third-order valence-corrected chi connectivity index (χ3v) is 4.91. The summed E-state index contributed by atoms with van der Waals surface area (Å²) in [6.07, 6.45) is 4.08. The molecule has 150 valence electrons. The van der Waals surface area contributed by atoms with Gasteiger partial charge in [0.15, 0.2) is 0 Å². The molecule has 1 heterocycles. The number of hydrogen-bond acceptors (Lipinski definition) is 4. The van der Waals surface area contributed by atoms with Crippen LogP contribution < -0.4 is 5.32 Å². The number of halogens is 1. The average Bonchev–Trinajstić information content (AvgIpc) is 2.71. The summed E-state index contributed by atoms with van der Waals surface area (Å²) in [5, 5.41) is 4.82. The van der Waals surface area contributed by atoms with Crippen LogP contribution in [0.5, 0.6) is 0 Å². The lowest BCUT2D eigenvalue weighted by Crippen LogP contribution is -2.34. The molecule has 29 heavy (non-hydrogen) atoms. The smallest absolute Gasteiger partial charge is 0.224 e. The summed E-state index contributed by atoms with van der Waals surface area (Å²) in [5.41, 5.74) is 4.01. The van der Waals surface area contributed by atoms with Crippen LogP contribution in [0, 0.1) is 5.92 Å². The molecular formula is C24H27ClN4. The first-order chi connectivity index (χ1) is 14.0. The van der Waals surface area contributed by atoms with Crippen LogP contribution in [0.15, 0.2) is 65.7 Å². The van der Waals surface area contributed by atoms with E-state index in [4.69, 9.17) is 16.6 Å². The van der Waals surface area contributed by atoms with Crippen molar-refractivity contribution in [1.82, 2.24) is 9.97 Å². The lowest BCUT2D eigenvalue weighted by Gasteiger charge is -2.25. The fourth-order valence-electron chi connectivity index (χ4n) is 3.45. The van der Waals surface area contributed by atoms with Gasteiger partial charge in [-0.15, -0.1) is 0 Å². The molecule has 1 aromatic heterocycles. The van der Waals surface area contributed by atoms with Gasteiger partial charge in [0.05, 0.1) is 22.7 Å². The van der Waals surface area contributed by atoms with Gasteiger partial charge in [0.1, 0.15) is 5.82 Å². The van der Waals surface area contributed by atoms with E-state index >= 15 is 0 Å². The second kappa shape index (κ2) is 9.66. The Balaban J connectivity index is 2.19. The Labute approximate surface area is 177 Å². The molecule has 1 atom stereocenters. The summed E-state index contributed by atoms with van der Waals surface area (Å²) in [6.45, 7) is 9.13. The summed E-state index contributed by atoms with van der Waals surface area (Å²) >= 11 is 6.28. The molecule has 1 N–H and O–H groups in total. The topological polar surface area (TPSA) is 50.2 Å². The number of rotatable bonds is 7. The van der Waals surface area contributed by atoms with Crippen LogP contribution in [0.4, 0.5) is 5.82 Å². The molecule has 3 rings (SSSR count). The summed E-state index contributed by atoms with van der Waals surface area (Å²) < 4.78 is 0. The van der Waals surface area contributed by atoms with Gasteiger partial charge in [-0.1, -0.05) is 62.4 Å². The van der Waals surface area contributed by atoms with Crippen LogP contribution in [0.25, 0.3) is 22.0 Å². The van der Waals surface area contributed by atoms with E-state index in [-0.39, 0.29) is 11.3 Å². The normalized spacial score (nSPS) is 13.4. The number of fused-ring (bicyclic) bond motifs is 1. The van der Waals surface area contributed by atoms with Crippen LogP contribution in [-0.2, 0) is 0 Å². The zero-order valence-corrected chi connectivity index (χ0v) is 18.1. The highest BCUT2D eigenvalue weighted by atomic mass is 35.5. The van der Waals surface area contributed by atoms with Gasteiger partial charge >= 0.3 is 0 Å². The molecule has 0 amide bonds. The Hall–Kier alpha value is -2.72. The number of nitrogens with one attached hydrogen (secondary N) is 1. The minimum atomic E-state index is 0.00384. The molecule has 0 spiro atoms. The zero-order valence-electron chi connectivity index (χ0n) is 17.4. The summed E-state index contributed by atoms with van der Waals surface area (Å²) in [4.78, 5) is 13.7. The molecule has 0 bridgehead atoms. The second-order valence-corrected chi connectivity index (χ2v) is 7.51. The molecule has 0 aliphatic rings. The number of aliphatic imine (C=N–C) groups is 1. The van der Waals surface area contributed by atoms with E-state index < -0.39 is 0 Å². The number of aromatic nitrogens is 2. The lowest BCUT2D eigenvalue weighted by molar-refractivity contribution is 0.622. The van der Waals surface area contributed by atoms with Crippen molar-refractivity contribution in [3.05, 3.63) is 66.0 Å². The third-order valence-electron chi connectivity index (χ3n) is 4.74. The van der Waals surface area contributed by atoms with Crippen LogP contribution in [0.1, 0.15) is 27.7 Å². The number of allylic oxidation sites excluding steroid dienone is 1. The molecule has 0 aliphatic carbocycles. The molecule has 0 aliphatic heterocycles. The van der Waals surface area contributed by atoms with E-state index in [0.717, 1.165) is 40.1 Å². The minimum absolute atomic E-state index is 0.00384. The molecule has 0 saturated heterocycles. The molecule has 2 aromatic carbocycles. The Morgan fingerprint density at radius 1 is 1.10 bits per heavy atom.